The van der Waals surface area contributed by atoms with Gasteiger partial charge in [0.15, 0.2) is 11.3 Å². The van der Waals surface area contributed by atoms with Crippen molar-refractivity contribution in [1.29, 1.82) is 0 Å². The van der Waals surface area contributed by atoms with Crippen molar-refractivity contribution in [3.8, 4) is 11.3 Å². The van der Waals surface area contributed by atoms with Crippen LogP contribution in [0.25, 0.3) is 11.3 Å². The molecule has 0 spiro atoms. The van der Waals surface area contributed by atoms with Crippen LogP contribution in [0.15, 0.2) is 54.9 Å². The molecule has 0 radical (unpaired) electrons. The minimum atomic E-state index is -4.80. The van der Waals surface area contributed by atoms with Crippen molar-refractivity contribution in [3.63, 3.8) is 0 Å². The second-order valence-electron chi connectivity index (χ2n) is 8.02. The number of piperidine rings is 1. The predicted molar refractivity (Wildman–Crippen MR) is 119 cm³/mol. The molecule has 3 heterocycles. The van der Waals surface area contributed by atoms with Gasteiger partial charge in [0.25, 0.3) is 5.91 Å². The summed E-state index contributed by atoms with van der Waals surface area (Å²) in [6.45, 7) is -0.443. The van der Waals surface area contributed by atoms with Crippen LogP contribution < -0.4 is 16.0 Å². The summed E-state index contributed by atoms with van der Waals surface area (Å²) < 4.78 is 54.3. The maximum atomic E-state index is 14.2. The standard InChI is InChI=1S/C23H21F4N5O2/c24-15-5-2-1-4-14(15)17-7-6-16(28)20(30-17)21(33)31-18-12-29-10-8-19(18)32-11-3-9-22(34,13-32)23(25,26)27/h1-2,4-8,10,12,34H,3,9,11,13,28H2,(H,31,33). The van der Waals surface area contributed by atoms with Crippen molar-refractivity contribution >= 4 is 23.0 Å². The normalized spacial score (nSPS) is 18.6. The molecule has 4 rings (SSSR count). The molecule has 1 saturated heterocycles. The van der Waals surface area contributed by atoms with Gasteiger partial charge >= 0.3 is 6.18 Å². The van der Waals surface area contributed by atoms with Crippen molar-refractivity contribution in [2.75, 3.05) is 29.0 Å². The van der Waals surface area contributed by atoms with E-state index in [-0.39, 0.29) is 47.0 Å². The predicted octanol–water partition coefficient (Wildman–Crippen LogP) is 4.01. The van der Waals surface area contributed by atoms with Crippen molar-refractivity contribution in [2.24, 2.45) is 0 Å². The highest BCUT2D eigenvalue weighted by Crippen LogP contribution is 2.40. The summed E-state index contributed by atoms with van der Waals surface area (Å²) in [6, 6.07) is 10.3. The summed E-state index contributed by atoms with van der Waals surface area (Å²) >= 11 is 0. The number of alkyl halides is 3. The van der Waals surface area contributed by atoms with E-state index >= 15 is 0 Å². The molecule has 2 aromatic heterocycles. The maximum absolute atomic E-state index is 14.2. The van der Waals surface area contributed by atoms with Gasteiger partial charge in [0.2, 0.25) is 0 Å². The van der Waals surface area contributed by atoms with Crippen LogP contribution in [0.3, 0.4) is 0 Å². The summed E-state index contributed by atoms with van der Waals surface area (Å²) in [5, 5.41) is 12.7. The number of nitrogen functional groups attached to an aromatic ring is 1. The minimum absolute atomic E-state index is 0.0347. The molecule has 0 aliphatic carbocycles. The van der Waals surface area contributed by atoms with Crippen LogP contribution in [-0.2, 0) is 0 Å². The van der Waals surface area contributed by atoms with Gasteiger partial charge in [-0.2, -0.15) is 13.2 Å². The topological polar surface area (TPSA) is 104 Å². The zero-order chi connectivity index (χ0) is 24.5. The number of anilines is 3. The van der Waals surface area contributed by atoms with Gasteiger partial charge in [0.1, 0.15) is 5.82 Å². The lowest BCUT2D eigenvalue weighted by Gasteiger charge is -2.41. The van der Waals surface area contributed by atoms with E-state index in [1.54, 1.807) is 6.07 Å². The first-order chi connectivity index (χ1) is 16.1. The second-order valence-corrected chi connectivity index (χ2v) is 8.02. The Balaban J connectivity index is 1.62. The fourth-order valence-electron chi connectivity index (χ4n) is 3.88. The largest absolute Gasteiger partial charge is 0.418 e. The molecule has 1 fully saturated rings. The Morgan fingerprint density at radius 1 is 1.18 bits per heavy atom. The summed E-state index contributed by atoms with van der Waals surface area (Å²) in [5.74, 6) is -1.27. The van der Waals surface area contributed by atoms with Gasteiger partial charge in [0.05, 0.1) is 35.5 Å². The zero-order valence-electron chi connectivity index (χ0n) is 17.8. The quantitative estimate of drug-likeness (QED) is 0.493. The number of rotatable bonds is 4. The van der Waals surface area contributed by atoms with Crippen LogP contribution >= 0.6 is 0 Å². The molecule has 1 amide bonds. The number of hydrogen-bond acceptors (Lipinski definition) is 6. The number of halogens is 4. The van der Waals surface area contributed by atoms with Crippen molar-refractivity contribution < 1.29 is 27.5 Å². The van der Waals surface area contributed by atoms with E-state index in [0.717, 1.165) is 0 Å². The number of carbonyl (C=O) groups is 1. The molecule has 7 nitrogen and oxygen atoms in total. The Morgan fingerprint density at radius 2 is 1.94 bits per heavy atom. The van der Waals surface area contributed by atoms with Crippen LogP contribution in [0, 0.1) is 5.82 Å². The highest BCUT2D eigenvalue weighted by Gasteiger charge is 2.55. The van der Waals surface area contributed by atoms with E-state index in [9.17, 15) is 27.5 Å². The van der Waals surface area contributed by atoms with E-state index in [1.165, 1.54) is 53.7 Å². The maximum Gasteiger partial charge on any atom is 0.418 e. The Hall–Kier alpha value is -3.73. The monoisotopic (exact) mass is 475 g/mol. The Bertz CT molecular complexity index is 1220. The molecule has 1 unspecified atom stereocenters. The Kier molecular flexibility index (Phi) is 6.13. The lowest BCUT2D eigenvalue weighted by molar-refractivity contribution is -0.261. The molecule has 1 atom stereocenters. The lowest BCUT2D eigenvalue weighted by Crippen LogP contribution is -2.57. The third-order valence-electron chi connectivity index (χ3n) is 5.68. The van der Waals surface area contributed by atoms with Crippen molar-refractivity contribution in [1.82, 2.24) is 9.97 Å². The highest BCUT2D eigenvalue weighted by molar-refractivity contribution is 6.07. The van der Waals surface area contributed by atoms with Gasteiger partial charge in [0, 0.05) is 18.3 Å². The van der Waals surface area contributed by atoms with Gasteiger partial charge < -0.3 is 21.1 Å². The van der Waals surface area contributed by atoms with Crippen LogP contribution in [0.1, 0.15) is 23.3 Å². The number of benzene rings is 1. The number of aromatic nitrogens is 2. The molecule has 1 aliphatic heterocycles. The SMILES string of the molecule is Nc1ccc(-c2ccccc2F)nc1C(=O)Nc1cnccc1N1CCCC(O)(C(F)(F)F)C1. The fourth-order valence-corrected chi connectivity index (χ4v) is 3.88. The number of amides is 1. The molecule has 3 aromatic rings. The van der Waals surface area contributed by atoms with Crippen molar-refractivity contribution in [3.05, 3.63) is 66.4 Å². The smallest absolute Gasteiger partial charge is 0.397 e. The molecule has 1 aliphatic rings. The van der Waals surface area contributed by atoms with E-state index in [2.05, 4.69) is 15.3 Å². The van der Waals surface area contributed by atoms with E-state index in [1.807, 2.05) is 0 Å². The van der Waals surface area contributed by atoms with E-state index in [0.29, 0.717) is 0 Å². The van der Waals surface area contributed by atoms with Gasteiger partial charge in [-0.15, -0.1) is 0 Å². The Morgan fingerprint density at radius 3 is 2.68 bits per heavy atom. The first kappa shape index (κ1) is 23.4. The second kappa shape index (κ2) is 8.90. The van der Waals surface area contributed by atoms with Crippen LogP contribution in [-0.4, -0.2) is 45.8 Å². The van der Waals surface area contributed by atoms with Gasteiger partial charge in [-0.05, 0) is 43.2 Å². The number of nitrogens with two attached hydrogens (primary N) is 1. The third-order valence-corrected chi connectivity index (χ3v) is 5.68. The summed E-state index contributed by atoms with van der Waals surface area (Å²) in [6.07, 6.45) is -2.45. The van der Waals surface area contributed by atoms with Crippen LogP contribution in [0.2, 0.25) is 0 Å². The van der Waals surface area contributed by atoms with Gasteiger partial charge in [-0.1, -0.05) is 12.1 Å². The number of β-amino-alcohol motifs (C(OH)–C–C–N with tert-alkyl or cyclic N) is 1. The van der Waals surface area contributed by atoms with Crippen molar-refractivity contribution in [2.45, 2.75) is 24.6 Å². The number of nitrogens with zero attached hydrogens (tertiary/aromatic N) is 3. The summed E-state index contributed by atoms with van der Waals surface area (Å²) in [7, 11) is 0. The molecule has 34 heavy (non-hydrogen) atoms. The van der Waals surface area contributed by atoms with E-state index in [4.69, 9.17) is 5.73 Å². The first-order valence-electron chi connectivity index (χ1n) is 10.4. The molecule has 11 heteroatoms. The first-order valence-corrected chi connectivity index (χ1v) is 10.4. The Labute approximate surface area is 192 Å². The summed E-state index contributed by atoms with van der Waals surface area (Å²) in [4.78, 5) is 22.5. The third kappa shape index (κ3) is 4.51. The molecule has 4 N–H and O–H groups in total. The van der Waals surface area contributed by atoms with Crippen LogP contribution in [0.5, 0.6) is 0 Å². The molecule has 1 aromatic carbocycles. The number of aliphatic hydroxyl groups is 1. The molecular formula is C23H21F4N5O2. The lowest BCUT2D eigenvalue weighted by atomic mass is 9.92. The number of nitrogens with one attached hydrogen (secondary N) is 1. The molecule has 178 valence electrons. The molecule has 0 saturated carbocycles. The number of carbonyl (C=O) groups excluding carboxylic acids is 1. The highest BCUT2D eigenvalue weighted by atomic mass is 19.4. The minimum Gasteiger partial charge on any atom is -0.397 e. The van der Waals surface area contributed by atoms with Gasteiger partial charge in [-0.25, -0.2) is 9.37 Å². The number of hydrogen-bond donors (Lipinski definition) is 3. The zero-order valence-corrected chi connectivity index (χ0v) is 17.8. The van der Waals surface area contributed by atoms with Crippen LogP contribution in [0.4, 0.5) is 34.6 Å². The fraction of sp³-hybridized carbons (Fsp3) is 0.261. The van der Waals surface area contributed by atoms with E-state index < -0.39 is 36.5 Å². The van der Waals surface area contributed by atoms with Gasteiger partial charge in [-0.3, -0.25) is 9.78 Å². The molecule has 0 bridgehead atoms. The number of pyridine rings is 2. The molecular weight excluding hydrogens is 454 g/mol. The summed E-state index contributed by atoms with van der Waals surface area (Å²) in [5.41, 5.74) is 3.66. The average molecular weight is 475 g/mol. The average Bonchev–Trinajstić information content (AvgIpc) is 2.79.